The van der Waals surface area contributed by atoms with E-state index in [4.69, 9.17) is 16.3 Å². The van der Waals surface area contributed by atoms with Crippen LogP contribution in [0.3, 0.4) is 0 Å². The molecule has 5 saturated carbocycles. The van der Waals surface area contributed by atoms with Gasteiger partial charge in [0.1, 0.15) is 10.7 Å². The van der Waals surface area contributed by atoms with E-state index in [1.54, 1.807) is 0 Å². The lowest BCUT2D eigenvalue weighted by atomic mass is 9.56. The van der Waals surface area contributed by atoms with Crippen molar-refractivity contribution in [1.82, 2.24) is 0 Å². The van der Waals surface area contributed by atoms with Crippen molar-refractivity contribution in [3.05, 3.63) is 35.9 Å². The van der Waals surface area contributed by atoms with Crippen LogP contribution in [-0.2, 0) is 10.3 Å². The van der Waals surface area contributed by atoms with Crippen LogP contribution in [0.15, 0.2) is 30.3 Å². The van der Waals surface area contributed by atoms with Crippen LogP contribution in [0.5, 0.6) is 0 Å². The summed E-state index contributed by atoms with van der Waals surface area (Å²) in [7, 11) is 0. The highest BCUT2D eigenvalue weighted by molar-refractivity contribution is 6.24. The summed E-state index contributed by atoms with van der Waals surface area (Å²) >= 11 is 7.05. The van der Waals surface area contributed by atoms with E-state index in [0.29, 0.717) is 11.8 Å². The van der Waals surface area contributed by atoms with Crippen LogP contribution in [-0.4, -0.2) is 5.06 Å². The minimum absolute atomic E-state index is 0.00935. The molecule has 1 aromatic carbocycles. The lowest BCUT2D eigenvalue weighted by molar-refractivity contribution is -0.0441. The summed E-state index contributed by atoms with van der Waals surface area (Å²) in [5.74, 6) is 6.57. The second-order valence-electron chi connectivity index (χ2n) is 7.78. The molecule has 1 aromatic rings. The third-order valence-electron chi connectivity index (χ3n) is 7.95. The largest absolute Gasteiger partial charge is 0.347 e. The molecule has 96 valence electrons. The minimum atomic E-state index is -0.276. The van der Waals surface area contributed by atoms with Crippen LogP contribution in [0.4, 0.5) is 0 Å². The van der Waals surface area contributed by atoms with Gasteiger partial charge in [-0.05, 0) is 35.7 Å². The summed E-state index contributed by atoms with van der Waals surface area (Å²) in [5.41, 5.74) is 1.43. The Morgan fingerprint density at radius 1 is 0.947 bits per heavy atom. The highest BCUT2D eigenvalue weighted by atomic mass is 35.5. The maximum absolute atomic E-state index is 7.05. The Kier molecular flexibility index (Phi) is 1.14. The number of halogens is 1. The van der Waals surface area contributed by atoms with Crippen molar-refractivity contribution in [3.63, 3.8) is 0 Å². The molecule has 1 nitrogen and oxygen atoms in total. The average molecular weight is 271 g/mol. The van der Waals surface area contributed by atoms with E-state index in [1.165, 1.54) is 12.0 Å². The molecule has 0 aromatic heterocycles. The highest BCUT2D eigenvalue weighted by Crippen LogP contribution is 2.95. The van der Waals surface area contributed by atoms with Gasteiger partial charge >= 0.3 is 0 Å². The van der Waals surface area contributed by atoms with Crippen LogP contribution < -0.4 is 0 Å². The fourth-order valence-electron chi connectivity index (χ4n) is 8.15. The molecule has 0 spiro atoms. The molecule has 7 fully saturated rings. The second kappa shape index (κ2) is 2.29. The van der Waals surface area contributed by atoms with Gasteiger partial charge in [-0.15, -0.1) is 0 Å². The molecule has 0 unspecified atom stereocenters. The molecular weight excluding hydrogens is 256 g/mol. The SMILES string of the molecule is Cl[C@@]12O[C@@]3(c4ccccc4)[C@@H]4[C@H]5C[C@H]([C@@H]6[C@H]5[C@H]3[C@@H]61)[C@@H]42. The quantitative estimate of drug-likeness (QED) is 0.712. The van der Waals surface area contributed by atoms with Crippen LogP contribution >= 0.6 is 11.6 Å². The van der Waals surface area contributed by atoms with E-state index in [0.717, 1.165) is 35.5 Å². The van der Waals surface area contributed by atoms with Gasteiger partial charge in [0.15, 0.2) is 0 Å². The van der Waals surface area contributed by atoms with Gasteiger partial charge in [0, 0.05) is 23.7 Å². The van der Waals surface area contributed by atoms with Gasteiger partial charge in [0.2, 0.25) is 0 Å². The smallest absolute Gasteiger partial charge is 0.149 e. The Morgan fingerprint density at radius 2 is 1.68 bits per heavy atom. The molecule has 2 aliphatic heterocycles. The Morgan fingerprint density at radius 3 is 2.53 bits per heavy atom. The molecule has 0 N–H and O–H groups in total. The van der Waals surface area contributed by atoms with Crippen molar-refractivity contribution < 1.29 is 4.74 Å². The fraction of sp³-hybridized carbons (Fsp3) is 0.647. The summed E-state index contributed by atoms with van der Waals surface area (Å²) in [4.78, 5) is 0. The first-order chi connectivity index (χ1) is 9.28. The predicted molar refractivity (Wildman–Crippen MR) is 70.3 cm³/mol. The van der Waals surface area contributed by atoms with Crippen LogP contribution in [0.1, 0.15) is 12.0 Å². The summed E-state index contributed by atoms with van der Waals surface area (Å²) in [6, 6.07) is 11.0. The molecule has 2 heteroatoms. The molecule has 19 heavy (non-hydrogen) atoms. The zero-order chi connectivity index (χ0) is 12.1. The topological polar surface area (TPSA) is 9.23 Å². The van der Waals surface area contributed by atoms with Crippen LogP contribution in [0.25, 0.3) is 0 Å². The van der Waals surface area contributed by atoms with E-state index in [-0.39, 0.29) is 10.7 Å². The first kappa shape index (κ1) is 9.41. The van der Waals surface area contributed by atoms with Gasteiger partial charge in [0.25, 0.3) is 0 Å². The normalized spacial score (nSPS) is 71.4. The minimum Gasteiger partial charge on any atom is -0.347 e. The van der Waals surface area contributed by atoms with Gasteiger partial charge < -0.3 is 4.74 Å². The van der Waals surface area contributed by atoms with Gasteiger partial charge in [-0.2, -0.15) is 0 Å². The summed E-state index contributed by atoms with van der Waals surface area (Å²) < 4.78 is 6.69. The molecule has 8 rings (SSSR count). The van der Waals surface area contributed by atoms with Crippen molar-refractivity contribution in [1.29, 1.82) is 0 Å². The number of rotatable bonds is 1. The van der Waals surface area contributed by atoms with Gasteiger partial charge in [0.05, 0.1) is 0 Å². The Hall–Kier alpha value is -0.530. The fourth-order valence-corrected chi connectivity index (χ4v) is 8.85. The number of hydrogen-bond donors (Lipinski definition) is 0. The van der Waals surface area contributed by atoms with Crippen molar-refractivity contribution in [2.45, 2.75) is 17.1 Å². The molecule has 4 bridgehead atoms. The third kappa shape index (κ3) is 0.600. The standard InChI is InChI=1S/C17H15ClO/c18-17-13-9-6-8-10-11(9)15(17)14(10)16(19-17,12(8)13)7-4-2-1-3-5-7/h1-5,8-15H,6H2/t8-,9+,10-,11+,12+,13-,14-,15+,16-,17-/m0/s1. The maximum atomic E-state index is 7.05. The molecular formula is C17H15ClO. The molecule has 2 heterocycles. The predicted octanol–water partition coefficient (Wildman–Crippen LogP) is 3.23. The zero-order valence-corrected chi connectivity index (χ0v) is 11.3. The van der Waals surface area contributed by atoms with Crippen LogP contribution in [0, 0.1) is 47.3 Å². The van der Waals surface area contributed by atoms with Crippen molar-refractivity contribution in [3.8, 4) is 0 Å². The summed E-state index contributed by atoms with van der Waals surface area (Å²) in [6.07, 6.45) is 1.46. The first-order valence-corrected chi connectivity index (χ1v) is 8.11. The molecule has 7 aliphatic rings. The lowest BCUT2D eigenvalue weighted by Gasteiger charge is -2.46. The van der Waals surface area contributed by atoms with E-state index >= 15 is 0 Å². The van der Waals surface area contributed by atoms with E-state index in [1.807, 2.05) is 0 Å². The Labute approximate surface area is 117 Å². The number of alkyl halides is 1. The maximum Gasteiger partial charge on any atom is 0.149 e. The molecule has 0 amide bonds. The average Bonchev–Trinajstić information content (AvgIpc) is 3.01. The van der Waals surface area contributed by atoms with Crippen molar-refractivity contribution in [2.24, 2.45) is 47.3 Å². The van der Waals surface area contributed by atoms with E-state index in [2.05, 4.69) is 30.3 Å². The van der Waals surface area contributed by atoms with Crippen molar-refractivity contribution in [2.75, 3.05) is 0 Å². The van der Waals surface area contributed by atoms with Gasteiger partial charge in [-0.3, -0.25) is 0 Å². The van der Waals surface area contributed by atoms with Crippen molar-refractivity contribution >= 4 is 11.6 Å². The monoisotopic (exact) mass is 270 g/mol. The van der Waals surface area contributed by atoms with Crippen LogP contribution in [0.2, 0.25) is 0 Å². The Bertz CT molecular complexity index is 644. The highest BCUT2D eigenvalue weighted by Gasteiger charge is 2.97. The van der Waals surface area contributed by atoms with E-state index < -0.39 is 0 Å². The molecule has 10 atom stereocenters. The number of ether oxygens (including phenoxy) is 1. The second-order valence-corrected chi connectivity index (χ2v) is 8.37. The molecule has 2 saturated heterocycles. The molecule has 5 aliphatic carbocycles. The van der Waals surface area contributed by atoms with E-state index in [9.17, 15) is 0 Å². The first-order valence-electron chi connectivity index (χ1n) is 7.73. The van der Waals surface area contributed by atoms with Gasteiger partial charge in [-0.1, -0.05) is 41.9 Å². The molecule has 0 radical (unpaired) electrons. The zero-order valence-electron chi connectivity index (χ0n) is 10.5. The number of hydrogen-bond acceptors (Lipinski definition) is 1. The number of benzene rings is 1. The lowest BCUT2D eigenvalue weighted by Crippen LogP contribution is -2.49. The third-order valence-corrected chi connectivity index (χ3v) is 8.53. The Balaban J connectivity index is 1.59. The summed E-state index contributed by atoms with van der Waals surface area (Å²) in [5, 5.41) is -0.276. The van der Waals surface area contributed by atoms with Gasteiger partial charge in [-0.25, -0.2) is 0 Å². The summed E-state index contributed by atoms with van der Waals surface area (Å²) in [6.45, 7) is 0.